The van der Waals surface area contributed by atoms with Gasteiger partial charge in [-0.1, -0.05) is 12.1 Å². The zero-order valence-corrected chi connectivity index (χ0v) is 8.70. The summed E-state index contributed by atoms with van der Waals surface area (Å²) in [5, 5.41) is 0. The van der Waals surface area contributed by atoms with Crippen LogP contribution >= 0.6 is 0 Å². The van der Waals surface area contributed by atoms with Crippen molar-refractivity contribution < 1.29 is 4.74 Å². The zero-order chi connectivity index (χ0) is 10.3. The quantitative estimate of drug-likeness (QED) is 0.580. The molecule has 2 aliphatic rings. The fourth-order valence-corrected chi connectivity index (χ4v) is 2.33. The molecule has 0 saturated heterocycles. The molecule has 1 fully saturated rings. The molecule has 0 bridgehead atoms. The Kier molecular flexibility index (Phi) is 2.15. The van der Waals surface area contributed by atoms with Crippen LogP contribution in [0.2, 0.25) is 0 Å². The third-order valence-corrected chi connectivity index (χ3v) is 3.35. The van der Waals surface area contributed by atoms with Crippen molar-refractivity contribution in [3.8, 4) is 5.75 Å². The number of ether oxygens (including phenoxy) is 1. The maximum absolute atomic E-state index is 5.61. The Labute approximate surface area is 89.6 Å². The number of benzene rings is 1. The molecule has 1 unspecified atom stereocenters. The highest BCUT2D eigenvalue weighted by atomic mass is 16.5. The van der Waals surface area contributed by atoms with Gasteiger partial charge in [-0.05, 0) is 36.0 Å². The number of nitrogens with two attached hydrogens (primary N) is 1. The maximum atomic E-state index is 5.61. The van der Waals surface area contributed by atoms with E-state index in [0.717, 1.165) is 24.7 Å². The van der Waals surface area contributed by atoms with Crippen LogP contribution in [0, 0.1) is 5.92 Å². The lowest BCUT2D eigenvalue weighted by atomic mass is 10.00. The highest BCUT2D eigenvalue weighted by Gasteiger charge is 2.32. The molecule has 3 nitrogen and oxygen atoms in total. The normalized spacial score (nSPS) is 20.9. The molecule has 3 N–H and O–H groups in total. The summed E-state index contributed by atoms with van der Waals surface area (Å²) in [5.41, 5.74) is 5.57. The van der Waals surface area contributed by atoms with E-state index in [9.17, 15) is 0 Å². The van der Waals surface area contributed by atoms with Crippen LogP contribution < -0.4 is 16.0 Å². The van der Waals surface area contributed by atoms with Crippen molar-refractivity contribution >= 4 is 0 Å². The lowest BCUT2D eigenvalue weighted by molar-refractivity contribution is 0.356. The first kappa shape index (κ1) is 9.19. The third-order valence-electron chi connectivity index (χ3n) is 3.35. The molecule has 0 radical (unpaired) electrons. The molecule has 3 heteroatoms. The van der Waals surface area contributed by atoms with Gasteiger partial charge in [-0.3, -0.25) is 11.3 Å². The lowest BCUT2D eigenvalue weighted by Crippen LogP contribution is -2.29. The summed E-state index contributed by atoms with van der Waals surface area (Å²) < 4.78 is 5.49. The van der Waals surface area contributed by atoms with Crippen molar-refractivity contribution in [2.75, 3.05) is 6.61 Å². The van der Waals surface area contributed by atoms with Crippen molar-refractivity contribution in [1.82, 2.24) is 5.43 Å². The topological polar surface area (TPSA) is 47.3 Å². The molecule has 1 aliphatic heterocycles. The minimum atomic E-state index is 0.330. The zero-order valence-electron chi connectivity index (χ0n) is 8.70. The number of hydrogen-bond acceptors (Lipinski definition) is 3. The summed E-state index contributed by atoms with van der Waals surface area (Å²) in [6, 6.07) is 6.78. The fourth-order valence-electron chi connectivity index (χ4n) is 2.33. The number of fused-ring (bicyclic) bond motifs is 1. The van der Waals surface area contributed by atoms with Crippen LogP contribution in [0.1, 0.15) is 30.0 Å². The van der Waals surface area contributed by atoms with Gasteiger partial charge in [-0.2, -0.15) is 0 Å². The molecule has 0 aromatic heterocycles. The van der Waals surface area contributed by atoms with Gasteiger partial charge in [-0.15, -0.1) is 0 Å². The second-order valence-corrected chi connectivity index (χ2v) is 4.45. The molecule has 15 heavy (non-hydrogen) atoms. The highest BCUT2D eigenvalue weighted by molar-refractivity contribution is 5.41. The molecular formula is C12H16N2O. The minimum absolute atomic E-state index is 0.330. The van der Waals surface area contributed by atoms with Crippen LogP contribution in [-0.2, 0) is 6.42 Å². The Morgan fingerprint density at radius 3 is 3.00 bits per heavy atom. The molecule has 1 aromatic rings. The average Bonchev–Trinajstić information content (AvgIpc) is 2.97. The summed E-state index contributed by atoms with van der Waals surface area (Å²) in [6.07, 6.45) is 3.62. The van der Waals surface area contributed by atoms with Crippen molar-refractivity contribution in [2.24, 2.45) is 11.8 Å². The van der Waals surface area contributed by atoms with Crippen molar-refractivity contribution in [1.29, 1.82) is 0 Å². The largest absolute Gasteiger partial charge is 0.493 e. The second-order valence-electron chi connectivity index (χ2n) is 4.45. The van der Waals surface area contributed by atoms with Gasteiger partial charge in [0.05, 0.1) is 6.61 Å². The van der Waals surface area contributed by atoms with Crippen molar-refractivity contribution in [3.05, 3.63) is 29.3 Å². The van der Waals surface area contributed by atoms with E-state index in [1.165, 1.54) is 24.0 Å². The first-order valence-electron chi connectivity index (χ1n) is 5.60. The molecule has 80 valence electrons. The average molecular weight is 204 g/mol. The number of rotatable bonds is 3. The summed E-state index contributed by atoms with van der Waals surface area (Å²) in [6.45, 7) is 0.822. The molecule has 0 amide bonds. The van der Waals surface area contributed by atoms with Crippen molar-refractivity contribution in [2.45, 2.75) is 25.3 Å². The lowest BCUT2D eigenvalue weighted by Gasteiger charge is -2.16. The van der Waals surface area contributed by atoms with E-state index in [2.05, 4.69) is 23.6 Å². The Morgan fingerprint density at radius 1 is 1.40 bits per heavy atom. The fraction of sp³-hybridized carbons (Fsp3) is 0.500. The Balaban J connectivity index is 1.90. The van der Waals surface area contributed by atoms with Gasteiger partial charge in [-0.25, -0.2) is 0 Å². The summed E-state index contributed by atoms with van der Waals surface area (Å²) in [4.78, 5) is 0. The van der Waals surface area contributed by atoms with Crippen LogP contribution in [0.4, 0.5) is 0 Å². The van der Waals surface area contributed by atoms with Gasteiger partial charge in [0.2, 0.25) is 0 Å². The van der Waals surface area contributed by atoms with E-state index >= 15 is 0 Å². The van der Waals surface area contributed by atoms with E-state index in [0.29, 0.717) is 6.04 Å². The van der Waals surface area contributed by atoms with Crippen LogP contribution in [-0.4, -0.2) is 6.61 Å². The standard InChI is InChI=1S/C12H16N2O/c13-14-12(8-1-2-8)10-3-4-11-9(7-10)5-6-15-11/h3-4,7-8,12,14H,1-2,5-6,13H2. The number of hydrogen-bond donors (Lipinski definition) is 2. The van der Waals surface area contributed by atoms with Crippen LogP contribution in [0.15, 0.2) is 18.2 Å². The highest BCUT2D eigenvalue weighted by Crippen LogP contribution is 2.41. The maximum Gasteiger partial charge on any atom is 0.122 e. The molecule has 3 rings (SSSR count). The van der Waals surface area contributed by atoms with E-state index in [4.69, 9.17) is 10.6 Å². The monoisotopic (exact) mass is 204 g/mol. The van der Waals surface area contributed by atoms with Crippen molar-refractivity contribution in [3.63, 3.8) is 0 Å². The van der Waals surface area contributed by atoms with E-state index in [1.54, 1.807) is 0 Å². The SMILES string of the molecule is NNC(c1ccc2c(c1)CCO2)C1CC1. The molecular weight excluding hydrogens is 188 g/mol. The summed E-state index contributed by atoms with van der Waals surface area (Å²) in [7, 11) is 0. The predicted molar refractivity (Wildman–Crippen MR) is 58.4 cm³/mol. The molecule has 0 spiro atoms. The number of nitrogens with one attached hydrogen (secondary N) is 1. The Morgan fingerprint density at radius 2 is 2.27 bits per heavy atom. The third kappa shape index (κ3) is 1.62. The second kappa shape index (κ2) is 3.51. The molecule has 1 heterocycles. The summed E-state index contributed by atoms with van der Waals surface area (Å²) >= 11 is 0. The van der Waals surface area contributed by atoms with Gasteiger partial charge in [0, 0.05) is 12.5 Å². The molecule has 1 aromatic carbocycles. The Bertz CT molecular complexity index is 374. The summed E-state index contributed by atoms with van der Waals surface area (Å²) in [5.74, 6) is 7.39. The van der Waals surface area contributed by atoms with Crippen LogP contribution in [0.3, 0.4) is 0 Å². The van der Waals surface area contributed by atoms with Gasteiger partial charge < -0.3 is 4.74 Å². The van der Waals surface area contributed by atoms with Gasteiger partial charge in [0.25, 0.3) is 0 Å². The molecule has 1 saturated carbocycles. The first-order valence-corrected chi connectivity index (χ1v) is 5.60. The van der Waals surface area contributed by atoms with Gasteiger partial charge in [0.15, 0.2) is 0 Å². The smallest absolute Gasteiger partial charge is 0.122 e. The predicted octanol–water partition coefficient (Wildman–Crippen LogP) is 1.54. The Hall–Kier alpha value is -1.06. The number of hydrazine groups is 1. The van der Waals surface area contributed by atoms with Crippen LogP contribution in [0.25, 0.3) is 0 Å². The minimum Gasteiger partial charge on any atom is -0.493 e. The van der Waals surface area contributed by atoms with E-state index in [-0.39, 0.29) is 0 Å². The van der Waals surface area contributed by atoms with Crippen LogP contribution in [0.5, 0.6) is 5.75 Å². The van der Waals surface area contributed by atoms with Gasteiger partial charge in [0.1, 0.15) is 5.75 Å². The van der Waals surface area contributed by atoms with Gasteiger partial charge >= 0.3 is 0 Å². The molecule has 1 atom stereocenters. The van der Waals surface area contributed by atoms with E-state index < -0.39 is 0 Å². The van der Waals surface area contributed by atoms with E-state index in [1.807, 2.05) is 0 Å². The first-order chi connectivity index (χ1) is 7.38. The molecule has 1 aliphatic carbocycles.